The molecular weight excluding hydrogens is 350 g/mol. The van der Waals surface area contributed by atoms with Gasteiger partial charge in [-0.3, -0.25) is 9.10 Å². The van der Waals surface area contributed by atoms with Gasteiger partial charge in [0.25, 0.3) is 5.91 Å². The van der Waals surface area contributed by atoms with E-state index in [1.165, 1.54) is 21.1 Å². The Morgan fingerprint density at radius 2 is 1.58 bits per heavy atom. The Bertz CT molecular complexity index is 853. The van der Waals surface area contributed by atoms with Gasteiger partial charge in [0.2, 0.25) is 0 Å². The molecule has 0 spiro atoms. The van der Waals surface area contributed by atoms with E-state index in [0.717, 1.165) is 8.61 Å². The van der Waals surface area contributed by atoms with Gasteiger partial charge in [-0.25, -0.2) is 0 Å². The summed E-state index contributed by atoms with van der Waals surface area (Å²) in [6.07, 6.45) is 0. The number of halogens is 1. The Kier molecular flexibility index (Phi) is 5.48. The summed E-state index contributed by atoms with van der Waals surface area (Å²) < 4.78 is 26.8. The first kappa shape index (κ1) is 18.3. The summed E-state index contributed by atoms with van der Waals surface area (Å²) in [7, 11) is 0.551. The predicted molar refractivity (Wildman–Crippen MR) is 96.9 cm³/mol. The van der Waals surface area contributed by atoms with Gasteiger partial charge in [-0.1, -0.05) is 35.9 Å². The summed E-state index contributed by atoms with van der Waals surface area (Å²) in [6, 6.07) is 13.3. The van der Waals surface area contributed by atoms with E-state index >= 15 is 0 Å². The highest BCUT2D eigenvalue weighted by atomic mass is 35.5. The van der Waals surface area contributed by atoms with Crippen molar-refractivity contribution in [2.45, 2.75) is 0 Å². The number of nitrogens with one attached hydrogen (secondary N) is 1. The van der Waals surface area contributed by atoms with Crippen molar-refractivity contribution in [2.24, 2.45) is 0 Å². The van der Waals surface area contributed by atoms with E-state index < -0.39 is 16.1 Å². The molecule has 0 unspecified atom stereocenters. The second-order valence-corrected chi connectivity index (χ2v) is 7.79. The SMILES string of the molecule is CN(C)S(=O)(=O)N(C)c1ccccc1C(=O)Nc1ccccc1Cl. The Hall–Kier alpha value is -2.09. The minimum Gasteiger partial charge on any atom is -0.321 e. The molecule has 0 radical (unpaired) electrons. The van der Waals surface area contributed by atoms with E-state index in [1.54, 1.807) is 48.5 Å². The third kappa shape index (κ3) is 3.69. The molecule has 1 N–H and O–H groups in total. The summed E-state index contributed by atoms with van der Waals surface area (Å²) in [4.78, 5) is 12.6. The molecule has 0 saturated heterocycles. The number of amides is 1. The topological polar surface area (TPSA) is 69.7 Å². The van der Waals surface area contributed by atoms with Gasteiger partial charge in [0.1, 0.15) is 0 Å². The number of hydrogen-bond acceptors (Lipinski definition) is 3. The van der Waals surface area contributed by atoms with Crippen LogP contribution in [-0.4, -0.2) is 39.8 Å². The number of anilines is 2. The van der Waals surface area contributed by atoms with Crippen molar-refractivity contribution in [1.29, 1.82) is 0 Å². The van der Waals surface area contributed by atoms with Gasteiger partial charge < -0.3 is 5.32 Å². The van der Waals surface area contributed by atoms with Crippen molar-refractivity contribution in [3.63, 3.8) is 0 Å². The van der Waals surface area contributed by atoms with Crippen LogP contribution in [0.15, 0.2) is 48.5 Å². The molecule has 0 aliphatic heterocycles. The summed E-state index contributed by atoms with van der Waals surface area (Å²) in [5, 5.41) is 3.10. The number of rotatable bonds is 5. The summed E-state index contributed by atoms with van der Waals surface area (Å²) in [5.41, 5.74) is 0.957. The van der Waals surface area contributed by atoms with Crippen LogP contribution in [-0.2, 0) is 10.2 Å². The van der Waals surface area contributed by atoms with Gasteiger partial charge in [-0.05, 0) is 24.3 Å². The number of para-hydroxylation sites is 2. The molecule has 1 amide bonds. The molecule has 0 aliphatic carbocycles. The van der Waals surface area contributed by atoms with Crippen molar-refractivity contribution >= 4 is 39.1 Å². The van der Waals surface area contributed by atoms with Crippen molar-refractivity contribution in [3.05, 3.63) is 59.1 Å². The number of hydrogen-bond donors (Lipinski definition) is 1. The van der Waals surface area contributed by atoms with E-state index in [4.69, 9.17) is 11.6 Å². The van der Waals surface area contributed by atoms with Crippen molar-refractivity contribution in [3.8, 4) is 0 Å². The smallest absolute Gasteiger partial charge is 0.303 e. The number of carbonyl (C=O) groups is 1. The van der Waals surface area contributed by atoms with E-state index in [1.807, 2.05) is 0 Å². The molecule has 0 fully saturated rings. The Morgan fingerprint density at radius 3 is 2.21 bits per heavy atom. The Labute approximate surface area is 146 Å². The maximum atomic E-state index is 12.6. The molecular formula is C16H18ClN3O3S. The zero-order chi connectivity index (χ0) is 17.9. The molecule has 24 heavy (non-hydrogen) atoms. The molecule has 128 valence electrons. The minimum absolute atomic E-state index is 0.227. The molecule has 2 rings (SSSR count). The molecule has 2 aromatic carbocycles. The first-order valence-corrected chi connectivity index (χ1v) is 8.84. The quantitative estimate of drug-likeness (QED) is 0.883. The first-order chi connectivity index (χ1) is 11.2. The van der Waals surface area contributed by atoms with E-state index in [2.05, 4.69) is 5.32 Å². The lowest BCUT2D eigenvalue weighted by atomic mass is 10.1. The largest absolute Gasteiger partial charge is 0.321 e. The zero-order valence-corrected chi connectivity index (χ0v) is 15.1. The molecule has 8 heteroatoms. The van der Waals surface area contributed by atoms with Gasteiger partial charge in [-0.15, -0.1) is 0 Å². The minimum atomic E-state index is -3.71. The van der Waals surface area contributed by atoms with Crippen LogP contribution >= 0.6 is 11.6 Å². The number of nitrogens with zero attached hydrogens (tertiary/aromatic N) is 2. The lowest BCUT2D eigenvalue weighted by Gasteiger charge is -2.25. The summed E-state index contributed by atoms with van der Waals surface area (Å²) in [6.45, 7) is 0. The Morgan fingerprint density at radius 1 is 1.00 bits per heavy atom. The molecule has 0 aromatic heterocycles. The number of benzene rings is 2. The maximum absolute atomic E-state index is 12.6. The lowest BCUT2D eigenvalue weighted by molar-refractivity contribution is 0.102. The summed E-state index contributed by atoms with van der Waals surface area (Å²) >= 11 is 6.04. The molecule has 0 saturated carbocycles. The van der Waals surface area contributed by atoms with Crippen LogP contribution in [0.1, 0.15) is 10.4 Å². The van der Waals surface area contributed by atoms with Crippen LogP contribution in [0.25, 0.3) is 0 Å². The lowest BCUT2D eigenvalue weighted by Crippen LogP contribution is -2.38. The van der Waals surface area contributed by atoms with Crippen molar-refractivity contribution in [2.75, 3.05) is 30.8 Å². The standard InChI is InChI=1S/C16H18ClN3O3S/c1-19(2)24(22,23)20(3)15-11-7-4-8-12(15)16(21)18-14-10-6-5-9-13(14)17/h4-11H,1-3H3,(H,18,21). The third-order valence-corrected chi connectivity index (χ3v) is 5.56. The van der Waals surface area contributed by atoms with Crippen LogP contribution in [0.4, 0.5) is 11.4 Å². The summed E-state index contributed by atoms with van der Waals surface area (Å²) in [5.74, 6) is -0.445. The fraction of sp³-hybridized carbons (Fsp3) is 0.188. The van der Waals surface area contributed by atoms with Gasteiger partial charge in [0.15, 0.2) is 0 Å². The van der Waals surface area contributed by atoms with Crippen molar-refractivity contribution in [1.82, 2.24) is 4.31 Å². The molecule has 2 aromatic rings. The highest BCUT2D eigenvalue weighted by Gasteiger charge is 2.25. The molecule has 6 nitrogen and oxygen atoms in total. The molecule has 0 heterocycles. The average molecular weight is 368 g/mol. The fourth-order valence-corrected chi connectivity index (χ4v) is 3.14. The average Bonchev–Trinajstić information content (AvgIpc) is 2.56. The van der Waals surface area contributed by atoms with Crippen LogP contribution in [0, 0.1) is 0 Å². The highest BCUT2D eigenvalue weighted by Crippen LogP contribution is 2.26. The van der Waals surface area contributed by atoms with Gasteiger partial charge >= 0.3 is 10.2 Å². The molecule has 0 aliphatic rings. The van der Waals surface area contributed by atoms with Crippen LogP contribution in [0.2, 0.25) is 5.02 Å². The van der Waals surface area contributed by atoms with E-state index in [9.17, 15) is 13.2 Å². The van der Waals surface area contributed by atoms with Gasteiger partial charge in [-0.2, -0.15) is 12.7 Å². The van der Waals surface area contributed by atoms with Crippen LogP contribution in [0.5, 0.6) is 0 Å². The fourth-order valence-electron chi connectivity index (χ4n) is 2.06. The monoisotopic (exact) mass is 367 g/mol. The van der Waals surface area contributed by atoms with Crippen LogP contribution < -0.4 is 9.62 Å². The van der Waals surface area contributed by atoms with Crippen molar-refractivity contribution < 1.29 is 13.2 Å². The van der Waals surface area contributed by atoms with E-state index in [-0.39, 0.29) is 11.3 Å². The maximum Gasteiger partial charge on any atom is 0.303 e. The predicted octanol–water partition coefficient (Wildman–Crippen LogP) is 2.83. The second-order valence-electron chi connectivity index (χ2n) is 5.21. The zero-order valence-electron chi connectivity index (χ0n) is 13.5. The first-order valence-electron chi connectivity index (χ1n) is 7.06. The normalized spacial score (nSPS) is 11.4. The molecule has 0 atom stereocenters. The highest BCUT2D eigenvalue weighted by molar-refractivity contribution is 7.90. The van der Waals surface area contributed by atoms with Gasteiger partial charge in [0.05, 0.1) is 22.0 Å². The van der Waals surface area contributed by atoms with Crippen LogP contribution in [0.3, 0.4) is 0 Å². The number of carbonyl (C=O) groups excluding carboxylic acids is 1. The third-order valence-electron chi connectivity index (χ3n) is 3.42. The second kappa shape index (κ2) is 7.21. The van der Waals surface area contributed by atoms with E-state index in [0.29, 0.717) is 10.7 Å². The van der Waals surface area contributed by atoms with Gasteiger partial charge in [0, 0.05) is 21.1 Å². The molecule has 0 bridgehead atoms. The Balaban J connectivity index is 2.39.